The smallest absolute Gasteiger partial charge is 0.282 e. The lowest BCUT2D eigenvalue weighted by Crippen LogP contribution is -2.59. The van der Waals surface area contributed by atoms with Crippen molar-refractivity contribution in [2.24, 2.45) is 5.73 Å². The molecule has 0 aliphatic carbocycles. The van der Waals surface area contributed by atoms with Gasteiger partial charge in [-0.2, -0.15) is 17.0 Å². The summed E-state index contributed by atoms with van der Waals surface area (Å²) in [5, 5.41) is 0. The van der Waals surface area contributed by atoms with Gasteiger partial charge in [0.15, 0.2) is 0 Å². The zero-order valence-electron chi connectivity index (χ0n) is 12.6. The molecule has 0 atom stereocenters. The van der Waals surface area contributed by atoms with Gasteiger partial charge in [0.1, 0.15) is 0 Å². The van der Waals surface area contributed by atoms with Crippen molar-refractivity contribution in [2.75, 3.05) is 26.2 Å². The first-order valence-electron chi connectivity index (χ1n) is 7.46. The fourth-order valence-corrected chi connectivity index (χ4v) is 5.12. The molecule has 0 saturated carbocycles. The van der Waals surface area contributed by atoms with Gasteiger partial charge in [-0.1, -0.05) is 27.2 Å². The molecular weight excluding hydrogens is 262 g/mol. The summed E-state index contributed by atoms with van der Waals surface area (Å²) in [5.74, 6) is 0. The molecule has 1 aliphatic rings. The van der Waals surface area contributed by atoms with E-state index >= 15 is 0 Å². The lowest BCUT2D eigenvalue weighted by atomic mass is 9.93. The Balaban J connectivity index is 3.05. The van der Waals surface area contributed by atoms with Crippen LogP contribution >= 0.6 is 0 Å². The normalized spacial score (nSPS) is 19.0. The van der Waals surface area contributed by atoms with Gasteiger partial charge in [0.25, 0.3) is 10.2 Å². The van der Waals surface area contributed by atoms with E-state index in [0.29, 0.717) is 26.2 Å². The van der Waals surface area contributed by atoms with E-state index in [1.807, 2.05) is 20.8 Å². The summed E-state index contributed by atoms with van der Waals surface area (Å²) in [4.78, 5) is 0. The summed E-state index contributed by atoms with van der Waals surface area (Å²) in [6.45, 7) is 8.09. The highest BCUT2D eigenvalue weighted by atomic mass is 32.2. The van der Waals surface area contributed by atoms with E-state index in [-0.39, 0.29) is 0 Å². The average Bonchev–Trinajstić information content (AvgIpc) is 2.45. The molecule has 1 aliphatic heterocycles. The van der Waals surface area contributed by atoms with Crippen LogP contribution in [0.4, 0.5) is 0 Å². The number of hydrogen-bond acceptors (Lipinski definition) is 3. The first kappa shape index (κ1) is 16.9. The topological polar surface area (TPSA) is 66.6 Å². The highest BCUT2D eigenvalue weighted by molar-refractivity contribution is 7.86. The van der Waals surface area contributed by atoms with Crippen molar-refractivity contribution in [3.63, 3.8) is 0 Å². The molecular formula is C13H29N3O2S. The predicted molar refractivity (Wildman–Crippen MR) is 79.1 cm³/mol. The van der Waals surface area contributed by atoms with E-state index in [1.165, 1.54) is 0 Å². The third-order valence-corrected chi connectivity index (χ3v) is 6.65. The van der Waals surface area contributed by atoms with Gasteiger partial charge in [0, 0.05) is 31.7 Å². The highest BCUT2D eigenvalue weighted by Gasteiger charge is 2.41. The zero-order chi connectivity index (χ0) is 14.5. The molecule has 6 heteroatoms. The van der Waals surface area contributed by atoms with Crippen LogP contribution in [0, 0.1) is 0 Å². The first-order chi connectivity index (χ1) is 8.98. The van der Waals surface area contributed by atoms with E-state index in [9.17, 15) is 8.42 Å². The minimum atomic E-state index is -3.38. The lowest BCUT2D eigenvalue weighted by molar-refractivity contribution is 0.167. The van der Waals surface area contributed by atoms with Gasteiger partial charge in [0.2, 0.25) is 0 Å². The summed E-state index contributed by atoms with van der Waals surface area (Å²) in [7, 11) is -3.38. The molecule has 0 aromatic heterocycles. The number of hydrogen-bond donors (Lipinski definition) is 1. The monoisotopic (exact) mass is 291 g/mol. The van der Waals surface area contributed by atoms with Crippen molar-refractivity contribution in [1.29, 1.82) is 0 Å². The highest BCUT2D eigenvalue weighted by Crippen LogP contribution is 2.28. The van der Waals surface area contributed by atoms with Crippen LogP contribution in [-0.4, -0.2) is 48.7 Å². The Hall–Kier alpha value is -0.170. The van der Waals surface area contributed by atoms with Crippen LogP contribution in [0.25, 0.3) is 0 Å². The second-order valence-electron chi connectivity index (χ2n) is 5.27. The molecule has 0 spiro atoms. The number of nitrogens with two attached hydrogens (primary N) is 1. The third-order valence-electron chi connectivity index (χ3n) is 4.43. The Labute approximate surface area is 118 Å². The van der Waals surface area contributed by atoms with E-state index in [2.05, 4.69) is 0 Å². The van der Waals surface area contributed by atoms with Crippen molar-refractivity contribution in [3.05, 3.63) is 0 Å². The van der Waals surface area contributed by atoms with E-state index in [0.717, 1.165) is 32.1 Å². The Morgan fingerprint density at radius 3 is 2.00 bits per heavy atom. The molecule has 1 fully saturated rings. The van der Waals surface area contributed by atoms with E-state index in [1.54, 1.807) is 8.61 Å². The predicted octanol–water partition coefficient (Wildman–Crippen LogP) is 1.56. The average molecular weight is 291 g/mol. The first-order valence-corrected chi connectivity index (χ1v) is 8.86. The molecule has 0 aromatic carbocycles. The Kier molecular flexibility index (Phi) is 6.23. The Morgan fingerprint density at radius 1 is 1.11 bits per heavy atom. The zero-order valence-corrected chi connectivity index (χ0v) is 13.4. The van der Waals surface area contributed by atoms with Gasteiger partial charge >= 0.3 is 0 Å². The quantitative estimate of drug-likeness (QED) is 0.774. The van der Waals surface area contributed by atoms with E-state index < -0.39 is 15.7 Å². The van der Waals surface area contributed by atoms with Crippen LogP contribution in [0.1, 0.15) is 52.9 Å². The van der Waals surface area contributed by atoms with Crippen molar-refractivity contribution >= 4 is 10.2 Å². The number of nitrogens with zero attached hydrogens (tertiary/aromatic N) is 2. The van der Waals surface area contributed by atoms with Gasteiger partial charge in [-0.3, -0.25) is 0 Å². The Bertz CT molecular complexity index is 352. The molecule has 0 unspecified atom stereocenters. The minimum Gasteiger partial charge on any atom is -0.329 e. The van der Waals surface area contributed by atoms with Crippen LogP contribution in [0.15, 0.2) is 0 Å². The lowest BCUT2D eigenvalue weighted by Gasteiger charge is -2.43. The molecule has 0 amide bonds. The largest absolute Gasteiger partial charge is 0.329 e. The van der Waals surface area contributed by atoms with Crippen LogP contribution in [0.3, 0.4) is 0 Å². The molecule has 1 rings (SSSR count). The maximum atomic E-state index is 12.8. The van der Waals surface area contributed by atoms with Crippen molar-refractivity contribution < 1.29 is 8.42 Å². The molecule has 0 bridgehead atoms. The maximum Gasteiger partial charge on any atom is 0.282 e. The number of rotatable bonds is 7. The van der Waals surface area contributed by atoms with Crippen LogP contribution in [0.5, 0.6) is 0 Å². The summed E-state index contributed by atoms with van der Waals surface area (Å²) < 4.78 is 28.9. The second kappa shape index (κ2) is 7.02. The molecule has 1 saturated heterocycles. The van der Waals surface area contributed by atoms with Crippen molar-refractivity contribution in [1.82, 2.24) is 8.61 Å². The van der Waals surface area contributed by atoms with Crippen molar-refractivity contribution in [3.8, 4) is 0 Å². The molecule has 0 radical (unpaired) electrons. The summed E-state index contributed by atoms with van der Waals surface area (Å²) in [6.07, 6.45) is 4.55. The number of likely N-dealkylation sites (N-methyl/N-ethyl adjacent to an activating group) is 1. The second-order valence-corrected chi connectivity index (χ2v) is 7.12. The summed E-state index contributed by atoms with van der Waals surface area (Å²) in [6, 6.07) is 0. The fraction of sp³-hybridized carbons (Fsp3) is 1.00. The van der Waals surface area contributed by atoms with Crippen LogP contribution in [-0.2, 0) is 10.2 Å². The van der Waals surface area contributed by atoms with Gasteiger partial charge in [-0.05, 0) is 25.7 Å². The maximum absolute atomic E-state index is 12.8. The molecule has 2 N–H and O–H groups in total. The number of piperidine rings is 1. The molecule has 19 heavy (non-hydrogen) atoms. The molecule has 114 valence electrons. The van der Waals surface area contributed by atoms with Gasteiger partial charge < -0.3 is 5.73 Å². The van der Waals surface area contributed by atoms with Crippen molar-refractivity contribution in [2.45, 2.75) is 58.4 Å². The van der Waals surface area contributed by atoms with Gasteiger partial charge in [-0.15, -0.1) is 0 Å². The third kappa shape index (κ3) is 3.29. The van der Waals surface area contributed by atoms with Crippen LogP contribution in [0.2, 0.25) is 0 Å². The standard InChI is InChI=1S/C13H29N3O2S/c1-4-13(5-2,12-14)16(6-3)19(17,18)15-10-8-7-9-11-15/h4-12,14H2,1-3H3. The molecule has 1 heterocycles. The summed E-state index contributed by atoms with van der Waals surface area (Å²) in [5.41, 5.74) is 5.47. The minimum absolute atomic E-state index is 0.376. The van der Waals surface area contributed by atoms with E-state index in [4.69, 9.17) is 5.73 Å². The SMILES string of the molecule is CCN(C(CC)(CC)CN)S(=O)(=O)N1CCCCC1. The fourth-order valence-electron chi connectivity index (χ4n) is 2.97. The molecule has 5 nitrogen and oxygen atoms in total. The molecule has 0 aromatic rings. The summed E-state index contributed by atoms with van der Waals surface area (Å²) >= 11 is 0. The Morgan fingerprint density at radius 2 is 1.63 bits per heavy atom. The van der Waals surface area contributed by atoms with Gasteiger partial charge in [-0.25, -0.2) is 0 Å². The van der Waals surface area contributed by atoms with Crippen LogP contribution < -0.4 is 5.73 Å². The van der Waals surface area contributed by atoms with Gasteiger partial charge in [0.05, 0.1) is 0 Å².